The van der Waals surface area contributed by atoms with Gasteiger partial charge in [0.1, 0.15) is 0 Å². The predicted octanol–water partition coefficient (Wildman–Crippen LogP) is 2.81. The van der Waals surface area contributed by atoms with Gasteiger partial charge in [0.2, 0.25) is 0 Å². The number of rotatable bonds is 5. The predicted molar refractivity (Wildman–Crippen MR) is 68.3 cm³/mol. The Labute approximate surface area is 112 Å². The van der Waals surface area contributed by atoms with E-state index in [2.05, 4.69) is 5.32 Å². The summed E-state index contributed by atoms with van der Waals surface area (Å²) in [4.78, 5) is 0.246. The second-order valence-electron chi connectivity index (χ2n) is 4.77. The lowest BCUT2D eigenvalue weighted by Gasteiger charge is -2.15. The fourth-order valence-corrected chi connectivity index (χ4v) is 3.47. The van der Waals surface area contributed by atoms with E-state index < -0.39 is 22.5 Å². The largest absolute Gasteiger partial charge is 0.416 e. The minimum absolute atomic E-state index is 0.121. The molecule has 0 spiro atoms. The summed E-state index contributed by atoms with van der Waals surface area (Å²) in [7, 11) is 0.396. The molecule has 2 unspecified atom stereocenters. The fraction of sp³-hybridized carbons (Fsp3) is 0.538. The van der Waals surface area contributed by atoms with Gasteiger partial charge in [-0.2, -0.15) is 13.2 Å². The first-order valence-electron chi connectivity index (χ1n) is 6.14. The van der Waals surface area contributed by atoms with Crippen LogP contribution >= 0.6 is 0 Å². The molecule has 2 nitrogen and oxygen atoms in total. The molecule has 6 heteroatoms. The topological polar surface area (TPSA) is 29.1 Å². The standard InChI is InChI=1S/C13H16F3NOS/c1-17-12(9-5-6-9)8-19(18)11-4-2-3-10(7-11)13(14,15)16/h2-4,7,9,12,17H,5-6,8H2,1H3. The van der Waals surface area contributed by atoms with Gasteiger partial charge in [-0.15, -0.1) is 0 Å². The summed E-state index contributed by atoms with van der Waals surface area (Å²) in [6.45, 7) is 0. The van der Waals surface area contributed by atoms with Gasteiger partial charge in [0.25, 0.3) is 0 Å². The van der Waals surface area contributed by atoms with Crippen LogP contribution in [0.5, 0.6) is 0 Å². The number of halogens is 3. The zero-order chi connectivity index (χ0) is 14.0. The molecule has 1 aliphatic rings. The summed E-state index contributed by atoms with van der Waals surface area (Å²) < 4.78 is 49.9. The summed E-state index contributed by atoms with van der Waals surface area (Å²) >= 11 is 0. The van der Waals surface area contributed by atoms with Crippen LogP contribution in [0.4, 0.5) is 13.2 Å². The SMILES string of the molecule is CNC(CS(=O)c1cccc(C(F)(F)F)c1)C1CC1. The molecule has 2 rings (SSSR count). The van der Waals surface area contributed by atoms with E-state index in [1.165, 1.54) is 12.1 Å². The summed E-state index contributed by atoms with van der Waals surface area (Å²) in [5.41, 5.74) is -0.745. The maximum atomic E-state index is 12.6. The molecule has 0 saturated heterocycles. The minimum atomic E-state index is -4.39. The Morgan fingerprint density at radius 3 is 2.63 bits per heavy atom. The van der Waals surface area contributed by atoms with Crippen molar-refractivity contribution < 1.29 is 17.4 Å². The van der Waals surface area contributed by atoms with Gasteiger partial charge < -0.3 is 5.32 Å². The summed E-state index contributed by atoms with van der Waals surface area (Å²) in [6, 6.07) is 4.90. The van der Waals surface area contributed by atoms with E-state index in [0.717, 1.165) is 25.0 Å². The fourth-order valence-electron chi connectivity index (χ4n) is 2.03. The van der Waals surface area contributed by atoms with E-state index in [0.29, 0.717) is 11.7 Å². The molecule has 106 valence electrons. The highest BCUT2D eigenvalue weighted by molar-refractivity contribution is 7.85. The van der Waals surface area contributed by atoms with Gasteiger partial charge in [0.15, 0.2) is 0 Å². The first-order valence-corrected chi connectivity index (χ1v) is 7.46. The van der Waals surface area contributed by atoms with Crippen molar-refractivity contribution in [3.63, 3.8) is 0 Å². The molecule has 1 fully saturated rings. The normalized spacial score (nSPS) is 19.2. The van der Waals surface area contributed by atoms with Crippen LogP contribution in [-0.4, -0.2) is 23.1 Å². The van der Waals surface area contributed by atoms with Gasteiger partial charge in [0.05, 0.1) is 16.4 Å². The molecule has 0 bridgehead atoms. The monoisotopic (exact) mass is 291 g/mol. The Bertz CT molecular complexity index is 471. The third kappa shape index (κ3) is 3.79. The van der Waals surface area contributed by atoms with Crippen LogP contribution in [0.1, 0.15) is 18.4 Å². The van der Waals surface area contributed by atoms with E-state index >= 15 is 0 Å². The van der Waals surface area contributed by atoms with Crippen molar-refractivity contribution in [1.29, 1.82) is 0 Å². The van der Waals surface area contributed by atoms with Crippen molar-refractivity contribution in [2.45, 2.75) is 30.0 Å². The summed E-state index contributed by atoms with van der Waals surface area (Å²) in [6.07, 6.45) is -2.18. The van der Waals surface area contributed by atoms with Gasteiger partial charge in [-0.25, -0.2) is 0 Å². The third-order valence-corrected chi connectivity index (χ3v) is 4.76. The highest BCUT2D eigenvalue weighted by Crippen LogP contribution is 2.34. The summed E-state index contributed by atoms with van der Waals surface area (Å²) in [5, 5.41) is 3.09. The molecule has 0 amide bonds. The molecule has 1 aromatic rings. The van der Waals surface area contributed by atoms with Crippen molar-refractivity contribution in [3.8, 4) is 0 Å². The molecular weight excluding hydrogens is 275 g/mol. The molecule has 1 aromatic carbocycles. The smallest absolute Gasteiger partial charge is 0.316 e. The zero-order valence-electron chi connectivity index (χ0n) is 10.5. The molecule has 1 aliphatic carbocycles. The Morgan fingerprint density at radius 2 is 2.11 bits per heavy atom. The van der Waals surface area contributed by atoms with Crippen LogP contribution in [0.3, 0.4) is 0 Å². The Kier molecular flexibility index (Phi) is 4.30. The zero-order valence-corrected chi connectivity index (χ0v) is 11.4. The van der Waals surface area contributed by atoms with E-state index in [1.54, 1.807) is 7.05 Å². The average molecular weight is 291 g/mol. The van der Waals surface area contributed by atoms with Crippen LogP contribution in [0, 0.1) is 5.92 Å². The maximum absolute atomic E-state index is 12.6. The Morgan fingerprint density at radius 1 is 1.42 bits per heavy atom. The molecular formula is C13H16F3NOS. The molecule has 0 radical (unpaired) electrons. The van der Waals surface area contributed by atoms with E-state index in [9.17, 15) is 17.4 Å². The molecule has 19 heavy (non-hydrogen) atoms. The van der Waals surface area contributed by atoms with Crippen LogP contribution in [0.15, 0.2) is 29.2 Å². The average Bonchev–Trinajstić information content (AvgIpc) is 3.19. The van der Waals surface area contributed by atoms with Crippen molar-refractivity contribution in [2.75, 3.05) is 12.8 Å². The van der Waals surface area contributed by atoms with Gasteiger partial charge in [-0.05, 0) is 44.0 Å². The number of nitrogens with one attached hydrogen (secondary N) is 1. The number of hydrogen-bond donors (Lipinski definition) is 1. The van der Waals surface area contributed by atoms with Crippen LogP contribution in [0.2, 0.25) is 0 Å². The lowest BCUT2D eigenvalue weighted by atomic mass is 10.2. The molecule has 0 aromatic heterocycles. The lowest BCUT2D eigenvalue weighted by molar-refractivity contribution is -0.137. The van der Waals surface area contributed by atoms with Crippen LogP contribution in [-0.2, 0) is 17.0 Å². The molecule has 1 saturated carbocycles. The van der Waals surface area contributed by atoms with E-state index in [1.807, 2.05) is 0 Å². The highest BCUT2D eigenvalue weighted by atomic mass is 32.2. The molecule has 0 aliphatic heterocycles. The second-order valence-corrected chi connectivity index (χ2v) is 6.27. The second kappa shape index (κ2) is 5.63. The van der Waals surface area contributed by atoms with E-state index in [-0.39, 0.29) is 10.9 Å². The number of benzene rings is 1. The Hall–Kier alpha value is -0.880. The number of alkyl halides is 3. The van der Waals surface area contributed by atoms with Crippen molar-refractivity contribution in [1.82, 2.24) is 5.32 Å². The van der Waals surface area contributed by atoms with Crippen LogP contribution < -0.4 is 5.32 Å². The van der Waals surface area contributed by atoms with Crippen molar-refractivity contribution in [2.24, 2.45) is 5.92 Å². The quantitative estimate of drug-likeness (QED) is 0.904. The first-order chi connectivity index (χ1) is 8.91. The highest BCUT2D eigenvalue weighted by Gasteiger charge is 2.33. The Balaban J connectivity index is 2.10. The van der Waals surface area contributed by atoms with Crippen LogP contribution in [0.25, 0.3) is 0 Å². The van der Waals surface area contributed by atoms with Gasteiger partial charge >= 0.3 is 6.18 Å². The summed E-state index contributed by atoms with van der Waals surface area (Å²) in [5.74, 6) is 0.877. The maximum Gasteiger partial charge on any atom is 0.416 e. The third-order valence-electron chi connectivity index (χ3n) is 3.32. The molecule has 1 N–H and O–H groups in total. The first kappa shape index (κ1) is 14.5. The van der Waals surface area contributed by atoms with E-state index in [4.69, 9.17) is 0 Å². The van der Waals surface area contributed by atoms with Gasteiger partial charge in [-0.3, -0.25) is 4.21 Å². The van der Waals surface area contributed by atoms with Gasteiger partial charge in [0, 0.05) is 16.7 Å². The molecule has 2 atom stereocenters. The van der Waals surface area contributed by atoms with Crippen molar-refractivity contribution in [3.05, 3.63) is 29.8 Å². The van der Waals surface area contributed by atoms with Gasteiger partial charge in [-0.1, -0.05) is 6.07 Å². The minimum Gasteiger partial charge on any atom is -0.316 e. The van der Waals surface area contributed by atoms with Crippen molar-refractivity contribution >= 4 is 10.8 Å². The lowest BCUT2D eigenvalue weighted by Crippen LogP contribution is -2.33. The molecule has 0 heterocycles. The number of hydrogen-bond acceptors (Lipinski definition) is 2.